The summed E-state index contributed by atoms with van der Waals surface area (Å²) in [6, 6.07) is 0. The van der Waals surface area contributed by atoms with Gasteiger partial charge in [-0.25, -0.2) is 0 Å². The van der Waals surface area contributed by atoms with Crippen molar-refractivity contribution < 1.29 is 4.58 Å². The topological polar surface area (TPSA) is 41.4 Å². The Balaban J connectivity index is 2.80. The second-order valence-corrected chi connectivity index (χ2v) is 3.04. The van der Waals surface area contributed by atoms with E-state index in [1.54, 1.807) is 11.8 Å². The number of aliphatic imine (C=N–C) groups is 1. The quantitative estimate of drug-likeness (QED) is 0.475. The third-order valence-corrected chi connectivity index (χ3v) is 1.89. The van der Waals surface area contributed by atoms with Crippen molar-refractivity contribution in [3.05, 3.63) is 0 Å². The van der Waals surface area contributed by atoms with Gasteiger partial charge >= 0.3 is 5.84 Å². The van der Waals surface area contributed by atoms with E-state index in [1.807, 2.05) is 18.7 Å². The van der Waals surface area contributed by atoms with Crippen LogP contribution in [0.15, 0.2) is 4.99 Å². The number of amidine groups is 2. The first-order chi connectivity index (χ1) is 4.20. The number of rotatable bonds is 0. The highest BCUT2D eigenvalue weighted by molar-refractivity contribution is 8.14. The SMILES string of the molecule is C[N+](C)=C1CSC(N)=N1. The van der Waals surface area contributed by atoms with Crippen molar-refractivity contribution in [2.24, 2.45) is 10.7 Å². The Kier molecular flexibility index (Phi) is 1.75. The Morgan fingerprint density at radius 2 is 2.33 bits per heavy atom. The molecule has 4 heteroatoms. The van der Waals surface area contributed by atoms with E-state index in [-0.39, 0.29) is 0 Å². The first-order valence-corrected chi connectivity index (χ1v) is 3.69. The zero-order valence-electron chi connectivity index (χ0n) is 5.59. The van der Waals surface area contributed by atoms with Gasteiger partial charge in [0.05, 0.1) is 14.1 Å². The molecule has 0 aliphatic carbocycles. The largest absolute Gasteiger partial charge is 0.357 e. The second kappa shape index (κ2) is 2.39. The minimum atomic E-state index is 0.679. The van der Waals surface area contributed by atoms with Gasteiger partial charge in [0.15, 0.2) is 0 Å². The molecule has 0 saturated heterocycles. The second-order valence-electron chi connectivity index (χ2n) is 2.05. The van der Waals surface area contributed by atoms with Crippen molar-refractivity contribution in [2.75, 3.05) is 19.8 Å². The fourth-order valence-electron chi connectivity index (χ4n) is 0.559. The molecule has 1 heterocycles. The minimum absolute atomic E-state index is 0.679. The van der Waals surface area contributed by atoms with Crippen LogP contribution in [0.4, 0.5) is 0 Å². The molecule has 0 aromatic heterocycles. The lowest BCUT2D eigenvalue weighted by molar-refractivity contribution is -0.465. The summed E-state index contributed by atoms with van der Waals surface area (Å²) in [7, 11) is 3.94. The fourth-order valence-corrected chi connectivity index (χ4v) is 1.33. The number of nitrogens with two attached hydrogens (primary N) is 1. The van der Waals surface area contributed by atoms with E-state index in [4.69, 9.17) is 5.73 Å². The van der Waals surface area contributed by atoms with Gasteiger partial charge in [0.1, 0.15) is 5.75 Å². The Labute approximate surface area is 58.7 Å². The maximum atomic E-state index is 5.43. The third-order valence-electron chi connectivity index (χ3n) is 1.10. The Bertz CT molecular complexity index is 179. The van der Waals surface area contributed by atoms with Gasteiger partial charge in [0.2, 0.25) is 0 Å². The van der Waals surface area contributed by atoms with Crippen LogP contribution in [0, 0.1) is 0 Å². The lowest BCUT2D eigenvalue weighted by Crippen LogP contribution is -2.10. The summed E-state index contributed by atoms with van der Waals surface area (Å²) in [5.74, 6) is 1.97. The van der Waals surface area contributed by atoms with Gasteiger partial charge in [-0.05, 0) is 16.8 Å². The normalized spacial score (nSPS) is 18.0. The average Bonchev–Trinajstić information content (AvgIpc) is 2.14. The Hall–Kier alpha value is -0.510. The van der Waals surface area contributed by atoms with Crippen LogP contribution in [0.2, 0.25) is 0 Å². The molecule has 0 saturated carbocycles. The highest BCUT2D eigenvalue weighted by Crippen LogP contribution is 2.08. The molecule has 0 spiro atoms. The van der Waals surface area contributed by atoms with E-state index >= 15 is 0 Å². The number of hydrogen-bond donors (Lipinski definition) is 1. The summed E-state index contributed by atoms with van der Waals surface area (Å²) in [5.41, 5.74) is 5.43. The molecule has 0 aromatic rings. The van der Waals surface area contributed by atoms with Crippen molar-refractivity contribution in [2.45, 2.75) is 0 Å². The molecular weight excluding hydrogens is 134 g/mol. The molecule has 0 radical (unpaired) electrons. The molecule has 0 amide bonds. The van der Waals surface area contributed by atoms with Gasteiger partial charge in [-0.2, -0.15) is 0 Å². The molecule has 1 aliphatic rings. The van der Waals surface area contributed by atoms with Gasteiger partial charge in [-0.3, -0.25) is 4.58 Å². The first-order valence-electron chi connectivity index (χ1n) is 2.70. The molecule has 50 valence electrons. The van der Waals surface area contributed by atoms with Crippen molar-refractivity contribution in [1.82, 2.24) is 0 Å². The van der Waals surface area contributed by atoms with E-state index in [1.165, 1.54) is 0 Å². The Morgan fingerprint density at radius 3 is 2.56 bits per heavy atom. The lowest BCUT2D eigenvalue weighted by Gasteiger charge is -1.85. The van der Waals surface area contributed by atoms with E-state index < -0.39 is 0 Å². The van der Waals surface area contributed by atoms with E-state index in [0.29, 0.717) is 5.17 Å². The number of nitrogens with zero attached hydrogens (tertiary/aromatic N) is 2. The summed E-state index contributed by atoms with van der Waals surface area (Å²) in [6.07, 6.45) is 0. The maximum Gasteiger partial charge on any atom is 0.307 e. The van der Waals surface area contributed by atoms with Gasteiger partial charge in [-0.1, -0.05) is 0 Å². The van der Waals surface area contributed by atoms with Crippen molar-refractivity contribution >= 4 is 22.8 Å². The van der Waals surface area contributed by atoms with Crippen LogP contribution < -0.4 is 5.73 Å². The smallest absolute Gasteiger partial charge is 0.307 e. The summed E-state index contributed by atoms with van der Waals surface area (Å²) >= 11 is 1.58. The van der Waals surface area contributed by atoms with Gasteiger partial charge < -0.3 is 5.73 Å². The summed E-state index contributed by atoms with van der Waals surface area (Å²) in [5, 5.41) is 0.679. The number of hydrogen-bond acceptors (Lipinski definition) is 2. The molecule has 0 aromatic carbocycles. The van der Waals surface area contributed by atoms with E-state index in [0.717, 1.165) is 11.6 Å². The van der Waals surface area contributed by atoms with E-state index in [9.17, 15) is 0 Å². The molecule has 2 N–H and O–H groups in total. The predicted molar refractivity (Wildman–Crippen MR) is 41.2 cm³/mol. The van der Waals surface area contributed by atoms with Gasteiger partial charge in [0, 0.05) is 0 Å². The van der Waals surface area contributed by atoms with Crippen molar-refractivity contribution in [3.8, 4) is 0 Å². The standard InChI is InChI=1S/C5H9N3S/c1-8(2)4-3-9-5(6)7-4/h6H,3H2,1-2H3/p+1. The molecule has 1 aliphatic heterocycles. The molecule has 0 fully saturated rings. The van der Waals surface area contributed by atoms with Crippen molar-refractivity contribution in [1.29, 1.82) is 0 Å². The molecule has 0 unspecified atom stereocenters. The van der Waals surface area contributed by atoms with Crippen LogP contribution in [-0.2, 0) is 0 Å². The lowest BCUT2D eigenvalue weighted by atomic mass is 10.7. The van der Waals surface area contributed by atoms with Crippen molar-refractivity contribution in [3.63, 3.8) is 0 Å². The van der Waals surface area contributed by atoms with Crippen LogP contribution in [0.1, 0.15) is 0 Å². The van der Waals surface area contributed by atoms with Crippen LogP contribution in [-0.4, -0.2) is 35.4 Å². The highest BCUT2D eigenvalue weighted by Gasteiger charge is 2.19. The zero-order chi connectivity index (χ0) is 6.85. The Morgan fingerprint density at radius 1 is 1.67 bits per heavy atom. The molecular formula is C5H10N3S+. The maximum absolute atomic E-state index is 5.43. The predicted octanol–water partition coefficient (Wildman–Crippen LogP) is -0.281. The summed E-state index contributed by atoms with van der Waals surface area (Å²) in [4.78, 5) is 4.09. The highest BCUT2D eigenvalue weighted by atomic mass is 32.2. The molecule has 3 nitrogen and oxygen atoms in total. The monoisotopic (exact) mass is 144 g/mol. The fraction of sp³-hybridized carbons (Fsp3) is 0.600. The molecule has 1 rings (SSSR count). The number of thioether (sulfide) groups is 1. The van der Waals surface area contributed by atoms with E-state index in [2.05, 4.69) is 4.99 Å². The zero-order valence-corrected chi connectivity index (χ0v) is 6.40. The first kappa shape index (κ1) is 6.61. The van der Waals surface area contributed by atoms with Gasteiger partial charge in [0.25, 0.3) is 5.17 Å². The molecule has 0 atom stereocenters. The summed E-state index contributed by atoms with van der Waals surface area (Å²) in [6.45, 7) is 0. The van der Waals surface area contributed by atoms with Crippen LogP contribution in [0.5, 0.6) is 0 Å². The van der Waals surface area contributed by atoms with Crippen LogP contribution >= 0.6 is 11.8 Å². The molecule has 9 heavy (non-hydrogen) atoms. The minimum Gasteiger partial charge on any atom is -0.357 e. The molecule has 0 bridgehead atoms. The van der Waals surface area contributed by atoms with Gasteiger partial charge in [-0.15, -0.1) is 0 Å². The average molecular weight is 144 g/mol. The van der Waals surface area contributed by atoms with Crippen LogP contribution in [0.3, 0.4) is 0 Å². The summed E-state index contributed by atoms with van der Waals surface area (Å²) < 4.78 is 1.98. The van der Waals surface area contributed by atoms with Crippen LogP contribution in [0.25, 0.3) is 0 Å². The third kappa shape index (κ3) is 1.45.